The number of rotatable bonds is 6. The highest BCUT2D eigenvalue weighted by Gasteiger charge is 2.39. The lowest BCUT2D eigenvalue weighted by Gasteiger charge is -2.35. The molecular formula is C30H28O14. The summed E-state index contributed by atoms with van der Waals surface area (Å²) in [4.78, 5) is 0. The van der Waals surface area contributed by atoms with Crippen LogP contribution in [-0.2, 0) is 12.8 Å². The quantitative estimate of drug-likeness (QED) is 0.139. The second-order valence-electron chi connectivity index (χ2n) is 10.5. The minimum Gasteiger partial charge on any atom is -0.508 e. The van der Waals surface area contributed by atoms with E-state index < -0.39 is 93.9 Å². The van der Waals surface area contributed by atoms with E-state index in [0.717, 1.165) is 42.5 Å². The zero-order valence-corrected chi connectivity index (χ0v) is 22.5. The molecular weight excluding hydrogens is 584 g/mol. The smallest absolute Gasteiger partial charge is 0.200 e. The zero-order valence-electron chi connectivity index (χ0n) is 22.5. The minimum atomic E-state index is -1.74. The first-order valence-corrected chi connectivity index (χ1v) is 13.0. The van der Waals surface area contributed by atoms with Crippen molar-refractivity contribution >= 4 is 0 Å². The Hall–Kier alpha value is -5.60. The first-order valence-electron chi connectivity index (χ1n) is 13.0. The Bertz CT molecular complexity index is 1700. The summed E-state index contributed by atoms with van der Waals surface area (Å²) in [5.74, 6) is -9.51. The van der Waals surface area contributed by atoms with Gasteiger partial charge in [-0.05, 0) is 29.8 Å². The fraction of sp³-hybridized carbons (Fsp3) is 0.200. The van der Waals surface area contributed by atoms with Crippen LogP contribution in [0.5, 0.6) is 69.0 Å². The summed E-state index contributed by atoms with van der Waals surface area (Å²) >= 11 is 0. The maximum Gasteiger partial charge on any atom is 0.200 e. The van der Waals surface area contributed by atoms with E-state index in [2.05, 4.69) is 0 Å². The number of ether oxygens (including phenoxy) is 1. The second kappa shape index (κ2) is 10.9. The predicted molar refractivity (Wildman–Crippen MR) is 149 cm³/mol. The molecule has 0 saturated heterocycles. The summed E-state index contributed by atoms with van der Waals surface area (Å²) in [6.45, 7) is 0. The number of phenolic OH excluding ortho intramolecular Hbond substituents is 11. The van der Waals surface area contributed by atoms with Crippen molar-refractivity contribution in [3.05, 3.63) is 70.3 Å². The van der Waals surface area contributed by atoms with E-state index in [1.807, 2.05) is 0 Å². The molecule has 5 rings (SSSR count). The van der Waals surface area contributed by atoms with Gasteiger partial charge in [0.05, 0.1) is 12.2 Å². The van der Waals surface area contributed by atoms with Gasteiger partial charge < -0.3 is 71.1 Å². The highest BCUT2D eigenvalue weighted by Crippen LogP contribution is 2.53. The molecule has 4 aromatic carbocycles. The summed E-state index contributed by atoms with van der Waals surface area (Å²) < 4.78 is 6.03. The number of hydrogen-bond donors (Lipinski definition) is 13. The molecule has 232 valence electrons. The third-order valence-electron chi connectivity index (χ3n) is 7.55. The molecule has 14 heteroatoms. The van der Waals surface area contributed by atoms with Gasteiger partial charge in [-0.15, -0.1) is 0 Å². The molecule has 0 spiro atoms. The molecule has 0 unspecified atom stereocenters. The van der Waals surface area contributed by atoms with Gasteiger partial charge in [0, 0.05) is 59.2 Å². The number of aliphatic hydroxyl groups excluding tert-OH is 2. The number of hydrogen-bond acceptors (Lipinski definition) is 14. The van der Waals surface area contributed by atoms with Crippen molar-refractivity contribution < 1.29 is 71.1 Å². The first kappa shape index (κ1) is 29.9. The monoisotopic (exact) mass is 612 g/mol. The molecule has 1 heterocycles. The molecule has 0 aliphatic carbocycles. The second-order valence-corrected chi connectivity index (χ2v) is 10.5. The third-order valence-corrected chi connectivity index (χ3v) is 7.55. The average molecular weight is 613 g/mol. The largest absolute Gasteiger partial charge is 0.508 e. The van der Waals surface area contributed by atoms with E-state index in [1.165, 1.54) is 0 Å². The van der Waals surface area contributed by atoms with Gasteiger partial charge >= 0.3 is 0 Å². The van der Waals surface area contributed by atoms with Crippen LogP contribution in [0, 0.1) is 0 Å². The van der Waals surface area contributed by atoms with Crippen molar-refractivity contribution in [3.8, 4) is 69.0 Å². The van der Waals surface area contributed by atoms with Crippen molar-refractivity contribution in [1.29, 1.82) is 0 Å². The summed E-state index contributed by atoms with van der Waals surface area (Å²) in [6, 6.07) is 6.66. The average Bonchev–Trinajstić information content (AvgIpc) is 2.93. The lowest BCUT2D eigenvalue weighted by molar-refractivity contribution is 0.0180. The van der Waals surface area contributed by atoms with Crippen LogP contribution >= 0.6 is 0 Å². The van der Waals surface area contributed by atoms with Crippen LogP contribution < -0.4 is 4.74 Å². The first-order chi connectivity index (χ1) is 20.7. The van der Waals surface area contributed by atoms with Crippen molar-refractivity contribution in [2.75, 3.05) is 0 Å². The summed E-state index contributed by atoms with van der Waals surface area (Å²) in [6.07, 6.45) is -5.42. The molecule has 0 aromatic heterocycles. The van der Waals surface area contributed by atoms with Gasteiger partial charge in [0.15, 0.2) is 40.6 Å². The Morgan fingerprint density at radius 3 is 1.70 bits per heavy atom. The SMILES string of the molecule is Oc1cc(O)c(C[C@@H](O)[C@H](c2cc(O)c(O)c(O)c2)c2c(O)cc(O)c3c2O[C@H](c2cc(O)c(O)c(O)c2)[C@H](O)C3)c(O)c1. The normalized spacial score (nSPS) is 17.4. The van der Waals surface area contributed by atoms with Crippen LogP contribution in [0.3, 0.4) is 0 Å². The van der Waals surface area contributed by atoms with Crippen LogP contribution in [0.15, 0.2) is 42.5 Å². The zero-order chi connectivity index (χ0) is 32.2. The van der Waals surface area contributed by atoms with Gasteiger partial charge in [-0.1, -0.05) is 0 Å². The lowest BCUT2D eigenvalue weighted by Crippen LogP contribution is -2.32. The van der Waals surface area contributed by atoms with Crippen LogP contribution in [-0.4, -0.2) is 78.6 Å². The Morgan fingerprint density at radius 1 is 0.636 bits per heavy atom. The highest BCUT2D eigenvalue weighted by molar-refractivity contribution is 5.63. The Labute approximate surface area is 247 Å². The molecule has 13 N–H and O–H groups in total. The van der Waals surface area contributed by atoms with Gasteiger partial charge in [-0.2, -0.15) is 0 Å². The molecule has 14 nitrogen and oxygen atoms in total. The van der Waals surface area contributed by atoms with Crippen LogP contribution in [0.1, 0.15) is 39.8 Å². The predicted octanol–water partition coefficient (Wildman–Crippen LogP) is 2.22. The number of benzene rings is 4. The number of fused-ring (bicyclic) bond motifs is 1. The van der Waals surface area contributed by atoms with Crippen LogP contribution in [0.2, 0.25) is 0 Å². The Kier molecular flexibility index (Phi) is 7.41. The number of aliphatic hydroxyl groups is 2. The molecule has 1 aliphatic heterocycles. The van der Waals surface area contributed by atoms with Crippen molar-refractivity contribution in [2.24, 2.45) is 0 Å². The van der Waals surface area contributed by atoms with Gasteiger partial charge in [0.2, 0.25) is 0 Å². The minimum absolute atomic E-state index is 0.0271. The van der Waals surface area contributed by atoms with E-state index in [4.69, 9.17) is 4.74 Å². The maximum atomic E-state index is 11.6. The Morgan fingerprint density at radius 2 is 1.16 bits per heavy atom. The van der Waals surface area contributed by atoms with Crippen LogP contribution in [0.25, 0.3) is 0 Å². The van der Waals surface area contributed by atoms with Crippen molar-refractivity contribution in [1.82, 2.24) is 0 Å². The van der Waals surface area contributed by atoms with Gasteiger partial charge in [-0.25, -0.2) is 0 Å². The molecule has 0 radical (unpaired) electrons. The molecule has 0 fully saturated rings. The molecule has 1 aliphatic rings. The molecule has 0 saturated carbocycles. The maximum absolute atomic E-state index is 11.6. The highest BCUT2D eigenvalue weighted by atomic mass is 16.5. The number of phenols is 11. The van der Waals surface area contributed by atoms with E-state index in [-0.39, 0.29) is 40.0 Å². The van der Waals surface area contributed by atoms with Crippen LogP contribution in [0.4, 0.5) is 0 Å². The summed E-state index contributed by atoms with van der Waals surface area (Å²) in [5.41, 5.74) is -0.702. The van der Waals surface area contributed by atoms with Crippen molar-refractivity contribution in [3.63, 3.8) is 0 Å². The fourth-order valence-electron chi connectivity index (χ4n) is 5.47. The van der Waals surface area contributed by atoms with E-state index in [9.17, 15) is 66.4 Å². The molecule has 0 bridgehead atoms. The molecule has 4 atom stereocenters. The van der Waals surface area contributed by atoms with E-state index in [0.29, 0.717) is 0 Å². The molecule has 44 heavy (non-hydrogen) atoms. The molecule has 0 amide bonds. The standard InChI is InChI=1S/C30H28O14/c31-12-5-15(32)13(16(33)6-12)7-18(35)25(10-1-20(37)27(42)21(38)2-10)26-19(36)9-17(34)14-8-24(41)29(44-30(14)26)11-3-22(39)28(43)23(40)4-11/h1-6,9,18,24-25,29,31-43H,7-8H2/t18-,24-,25+,29-/m1/s1. The fourth-order valence-corrected chi connectivity index (χ4v) is 5.47. The molecule has 4 aromatic rings. The Balaban J connectivity index is 1.71. The van der Waals surface area contributed by atoms with E-state index in [1.54, 1.807) is 0 Å². The van der Waals surface area contributed by atoms with Gasteiger partial charge in [0.25, 0.3) is 0 Å². The topological polar surface area (TPSA) is 272 Å². The third kappa shape index (κ3) is 5.12. The van der Waals surface area contributed by atoms with Gasteiger partial charge in [0.1, 0.15) is 34.5 Å². The summed E-state index contributed by atoms with van der Waals surface area (Å²) in [7, 11) is 0. The summed E-state index contributed by atoms with van der Waals surface area (Å²) in [5, 5.41) is 135. The number of aromatic hydroxyl groups is 11. The van der Waals surface area contributed by atoms with E-state index >= 15 is 0 Å². The van der Waals surface area contributed by atoms with Gasteiger partial charge in [-0.3, -0.25) is 0 Å². The van der Waals surface area contributed by atoms with Crippen molar-refractivity contribution in [2.45, 2.75) is 37.1 Å². The lowest BCUT2D eigenvalue weighted by atomic mass is 9.80.